The van der Waals surface area contributed by atoms with Crippen LogP contribution in [0.15, 0.2) is 54.6 Å². The van der Waals surface area contributed by atoms with Gasteiger partial charge in [0.25, 0.3) is 5.91 Å². The van der Waals surface area contributed by atoms with E-state index in [-0.39, 0.29) is 25.0 Å². The summed E-state index contributed by atoms with van der Waals surface area (Å²) in [5.74, 6) is -12.9. The average Bonchev–Trinajstić information content (AvgIpc) is 3.27. The molecule has 8 amide bonds. The first-order valence-corrected chi connectivity index (χ1v) is 22.0. The van der Waals surface area contributed by atoms with Crippen molar-refractivity contribution in [3.05, 3.63) is 65.7 Å². The van der Waals surface area contributed by atoms with Gasteiger partial charge in [-0.25, -0.2) is 0 Å². The van der Waals surface area contributed by atoms with E-state index in [1.807, 2.05) is 0 Å². The van der Waals surface area contributed by atoms with E-state index in [1.165, 1.54) is 52.0 Å². The Hall–Kier alpha value is -7.63. The Kier molecular flexibility index (Phi) is 23.2. The van der Waals surface area contributed by atoms with Gasteiger partial charge >= 0.3 is 17.9 Å². The van der Waals surface area contributed by atoms with Gasteiger partial charge in [0, 0.05) is 19.3 Å². The molecule has 0 radical (unpaired) electrons. The molecule has 2 rings (SSSR count). The summed E-state index contributed by atoms with van der Waals surface area (Å²) in [4.78, 5) is 142. The third kappa shape index (κ3) is 20.4. The number of phenolic OH excluding ortho intramolecular Hbond substituents is 1. The van der Waals surface area contributed by atoms with Crippen molar-refractivity contribution in [1.29, 1.82) is 0 Å². The number of benzene rings is 2. The van der Waals surface area contributed by atoms with Crippen molar-refractivity contribution >= 4 is 65.2 Å². The van der Waals surface area contributed by atoms with Gasteiger partial charge in [0.2, 0.25) is 41.4 Å². The van der Waals surface area contributed by atoms with Crippen molar-refractivity contribution < 1.29 is 78.9 Å². The zero-order valence-electron chi connectivity index (χ0n) is 39.2. The van der Waals surface area contributed by atoms with Crippen LogP contribution < -0.4 is 48.3 Å². The topological polar surface area (TPSA) is 393 Å². The summed E-state index contributed by atoms with van der Waals surface area (Å²) in [7, 11) is 0. The average molecular weight is 971 g/mol. The van der Waals surface area contributed by atoms with E-state index >= 15 is 0 Å². The molecule has 0 saturated carbocycles. The Morgan fingerprint density at radius 2 is 0.957 bits per heavy atom. The number of rotatable bonds is 28. The van der Waals surface area contributed by atoms with Gasteiger partial charge < -0.3 is 68.7 Å². The minimum Gasteiger partial charge on any atom is -0.508 e. The van der Waals surface area contributed by atoms with Crippen LogP contribution in [0.25, 0.3) is 0 Å². The van der Waals surface area contributed by atoms with Gasteiger partial charge in [-0.05, 0) is 55.4 Å². The van der Waals surface area contributed by atoms with Crippen LogP contribution in [-0.4, -0.2) is 140 Å². The molecule has 2 aromatic carbocycles. The van der Waals surface area contributed by atoms with Gasteiger partial charge in [0.05, 0.1) is 13.0 Å². The second kappa shape index (κ2) is 27.9. The Bertz CT molecular complexity index is 2150. The summed E-state index contributed by atoms with van der Waals surface area (Å²) in [5, 5.41) is 57.1. The van der Waals surface area contributed by atoms with Crippen LogP contribution >= 0.6 is 0 Å². The lowest BCUT2D eigenvalue weighted by atomic mass is 9.98. The Morgan fingerprint density at radius 1 is 0.507 bits per heavy atom. The number of carboxylic acid groups (broad SMARTS) is 3. The van der Waals surface area contributed by atoms with E-state index in [0.717, 1.165) is 0 Å². The molecule has 69 heavy (non-hydrogen) atoms. The molecule has 24 nitrogen and oxygen atoms in total. The number of quaternary nitrogens is 1. The molecule has 24 heteroatoms. The predicted molar refractivity (Wildman–Crippen MR) is 243 cm³/mol. The summed E-state index contributed by atoms with van der Waals surface area (Å²) in [5.41, 5.74) is 4.59. The zero-order valence-corrected chi connectivity index (χ0v) is 39.2. The van der Waals surface area contributed by atoms with Gasteiger partial charge in [0.15, 0.2) is 6.04 Å². The molecular weight excluding hydrogens is 907 g/mol. The zero-order chi connectivity index (χ0) is 52.1. The Morgan fingerprint density at radius 3 is 1.42 bits per heavy atom. The quantitative estimate of drug-likeness (QED) is 0.0406. The van der Waals surface area contributed by atoms with Crippen LogP contribution in [0.4, 0.5) is 0 Å². The van der Waals surface area contributed by atoms with E-state index in [4.69, 9.17) is 5.11 Å². The molecule has 0 bridgehead atoms. The van der Waals surface area contributed by atoms with Crippen molar-refractivity contribution in [3.8, 4) is 5.75 Å². The monoisotopic (exact) mass is 970 g/mol. The number of nitrogens with one attached hydrogen (secondary N) is 8. The van der Waals surface area contributed by atoms with Crippen LogP contribution in [0.2, 0.25) is 0 Å². The number of aromatic hydroxyl groups is 1. The summed E-state index contributed by atoms with van der Waals surface area (Å²) in [6, 6.07) is 3.02. The lowest BCUT2D eigenvalue weighted by molar-refractivity contribution is -0.398. The van der Waals surface area contributed by atoms with E-state index in [9.17, 15) is 68.1 Å². The third-order valence-corrected chi connectivity index (χ3v) is 10.3. The number of aliphatic carboxylic acids is 3. The van der Waals surface area contributed by atoms with Crippen LogP contribution in [0, 0.1) is 11.8 Å². The number of carbonyl (C=O) groups is 11. The third-order valence-electron chi connectivity index (χ3n) is 10.3. The minimum atomic E-state index is -1.78. The molecule has 8 atom stereocenters. The lowest BCUT2D eigenvalue weighted by Gasteiger charge is -2.29. The SMILES string of the molecule is CC(C)[C@H](NC(=O)[C@H](Cc1ccc(O)cc1)NC(=O)[C@H](Cc1ccccc1)NC(=O)[C@@H](NC(=O)[C@H](CCC(=O)O)NC(=O)[C@H](C)[NH3+])C(C)C)C(=O)N[C@@H](CC(=O)O)C(=O)NCC(=O)N[C@@H](C)C(=O)O. The van der Waals surface area contributed by atoms with Gasteiger partial charge in [-0.1, -0.05) is 70.2 Å². The van der Waals surface area contributed by atoms with Crippen molar-refractivity contribution in [2.45, 2.75) is 122 Å². The molecule has 0 fully saturated rings. The fourth-order valence-corrected chi connectivity index (χ4v) is 6.39. The summed E-state index contributed by atoms with van der Waals surface area (Å²) in [6.07, 6.45) is -2.16. The maximum atomic E-state index is 14.4. The first kappa shape index (κ1) is 57.5. The number of amides is 8. The molecule has 0 spiro atoms. The highest BCUT2D eigenvalue weighted by atomic mass is 16.4. The fourth-order valence-electron chi connectivity index (χ4n) is 6.39. The van der Waals surface area contributed by atoms with Crippen molar-refractivity contribution in [2.75, 3.05) is 6.54 Å². The minimum absolute atomic E-state index is 0.110. The van der Waals surface area contributed by atoms with Crippen molar-refractivity contribution in [2.24, 2.45) is 11.8 Å². The molecular formula is C45H64N9O15+. The molecule has 0 unspecified atom stereocenters. The Labute approximate surface area is 397 Å². The van der Waals surface area contributed by atoms with Gasteiger partial charge in [-0.15, -0.1) is 0 Å². The highest BCUT2D eigenvalue weighted by Gasteiger charge is 2.36. The van der Waals surface area contributed by atoms with E-state index in [1.54, 1.807) is 44.2 Å². The second-order valence-electron chi connectivity index (χ2n) is 17.0. The van der Waals surface area contributed by atoms with Gasteiger partial charge in [-0.2, -0.15) is 0 Å². The fraction of sp³-hybridized carbons (Fsp3) is 0.489. The largest absolute Gasteiger partial charge is 0.508 e. The number of phenols is 1. The number of carbonyl (C=O) groups excluding carboxylic acids is 8. The standard InChI is InChI=1S/C45H63N9O15/c1-22(2)36(53-40(63)29(16-17-34(57)58)49-38(61)24(5)46)43(66)51-30(18-26-10-8-7-9-11-26)41(64)50-31(19-27-12-14-28(55)15-13-27)42(65)54-37(23(3)4)44(67)52-32(20-35(59)60)39(62)47-21-33(56)48-25(6)45(68)69/h7-15,22-25,29-32,36-37,55H,16-21,46H2,1-6H3,(H,47,62)(H,48,56)(H,49,61)(H,50,64)(H,51,66)(H,52,67)(H,53,63)(H,54,65)(H,57,58)(H,59,60)(H,68,69)/p+1/t24-,25-,29-,30-,31-,32-,36-,37-/m0/s1. The molecule has 0 saturated heterocycles. The van der Waals surface area contributed by atoms with Crippen LogP contribution in [0.3, 0.4) is 0 Å². The van der Waals surface area contributed by atoms with E-state index in [0.29, 0.717) is 11.1 Å². The van der Waals surface area contributed by atoms with E-state index in [2.05, 4.69) is 48.3 Å². The lowest BCUT2D eigenvalue weighted by Crippen LogP contribution is -2.67. The first-order valence-electron chi connectivity index (χ1n) is 22.0. The van der Waals surface area contributed by atoms with Gasteiger partial charge in [0.1, 0.15) is 48.0 Å². The molecule has 0 aliphatic carbocycles. The maximum Gasteiger partial charge on any atom is 0.325 e. The van der Waals surface area contributed by atoms with Crippen molar-refractivity contribution in [3.63, 3.8) is 0 Å². The maximum absolute atomic E-state index is 14.4. The molecule has 0 aliphatic rings. The summed E-state index contributed by atoms with van der Waals surface area (Å²) >= 11 is 0. The summed E-state index contributed by atoms with van der Waals surface area (Å²) < 4.78 is 0. The van der Waals surface area contributed by atoms with E-state index < -0.39 is 145 Å². The molecule has 15 N–H and O–H groups in total. The number of hydrogen-bond donors (Lipinski definition) is 13. The highest BCUT2D eigenvalue weighted by molar-refractivity contribution is 5.98. The second-order valence-corrected chi connectivity index (χ2v) is 17.0. The molecule has 0 aromatic heterocycles. The normalized spacial score (nSPS) is 14.4. The van der Waals surface area contributed by atoms with Crippen molar-refractivity contribution in [1.82, 2.24) is 42.5 Å². The summed E-state index contributed by atoms with van der Waals surface area (Å²) in [6.45, 7) is 8.11. The Balaban J connectivity index is 2.48. The number of carboxylic acids is 3. The van der Waals surface area contributed by atoms with Crippen LogP contribution in [-0.2, 0) is 65.6 Å². The molecule has 2 aromatic rings. The van der Waals surface area contributed by atoms with Gasteiger partial charge in [-0.3, -0.25) is 52.7 Å². The highest BCUT2D eigenvalue weighted by Crippen LogP contribution is 2.14. The molecule has 0 heterocycles. The molecule has 0 aliphatic heterocycles. The molecule has 378 valence electrons. The first-order chi connectivity index (χ1) is 32.3. The predicted octanol–water partition coefficient (Wildman–Crippen LogP) is -2.93. The smallest absolute Gasteiger partial charge is 0.325 e. The van der Waals surface area contributed by atoms with Crippen LogP contribution in [0.5, 0.6) is 5.75 Å². The number of hydrogen-bond acceptors (Lipinski definition) is 12. The van der Waals surface area contributed by atoms with Crippen LogP contribution in [0.1, 0.15) is 71.9 Å².